The van der Waals surface area contributed by atoms with Crippen LogP contribution in [0.25, 0.3) is 0 Å². The van der Waals surface area contributed by atoms with Crippen LogP contribution in [0.2, 0.25) is 0 Å². The second-order valence-corrected chi connectivity index (χ2v) is 10.7. The number of rotatable bonds is 9. The molecule has 0 spiro atoms. The van der Waals surface area contributed by atoms with Gasteiger partial charge < -0.3 is 25.4 Å². The molecule has 1 aliphatic carbocycles. The van der Waals surface area contributed by atoms with Crippen molar-refractivity contribution in [2.75, 3.05) is 0 Å². The van der Waals surface area contributed by atoms with Gasteiger partial charge in [-0.1, -0.05) is 13.8 Å². The van der Waals surface area contributed by atoms with Crippen LogP contribution in [0.3, 0.4) is 0 Å². The van der Waals surface area contributed by atoms with Gasteiger partial charge >= 0.3 is 0 Å². The van der Waals surface area contributed by atoms with E-state index in [0.717, 1.165) is 48.8 Å². The number of phenols is 2. The Kier molecular flexibility index (Phi) is 7.77. The molecule has 4 N–H and O–H groups in total. The van der Waals surface area contributed by atoms with Crippen LogP contribution in [0.5, 0.6) is 11.5 Å². The SMILES string of the molecule is CC(=O)NC(C1CC1)[C@@H]1CCC(C)(C)[C@@H](C[C@H](O)CCCc2c(C)c(O)cc(O)c2C)O1. The number of hydrogen-bond acceptors (Lipinski definition) is 5. The number of nitrogens with one attached hydrogen (secondary N) is 1. The van der Waals surface area contributed by atoms with E-state index in [9.17, 15) is 20.1 Å². The number of carbonyl (C=O) groups excluding carboxylic acids is 1. The molecule has 180 valence electrons. The van der Waals surface area contributed by atoms with Crippen molar-refractivity contribution in [3.8, 4) is 11.5 Å². The smallest absolute Gasteiger partial charge is 0.217 e. The number of carbonyl (C=O) groups is 1. The molecule has 1 heterocycles. The Hall–Kier alpha value is -1.79. The van der Waals surface area contributed by atoms with Gasteiger partial charge in [0, 0.05) is 19.4 Å². The summed E-state index contributed by atoms with van der Waals surface area (Å²) in [5, 5.41) is 33.9. The topological polar surface area (TPSA) is 99.0 Å². The maximum Gasteiger partial charge on any atom is 0.217 e. The maximum absolute atomic E-state index is 11.7. The standard InChI is InChI=1S/C26H41NO5/c1-15-20(16(2)22(31)14-21(15)30)8-6-7-19(29)13-24-26(4,5)12-11-23(32-24)25(18-9-10-18)27-17(3)28/h14,18-19,23-25,29-31H,6-13H2,1-5H3,(H,27,28)/t19-,23+,24-,25?/m1/s1. The molecule has 2 aliphatic rings. The molecule has 0 radical (unpaired) electrons. The fourth-order valence-electron chi connectivity index (χ4n) is 5.17. The van der Waals surface area contributed by atoms with Gasteiger partial charge in [0.05, 0.1) is 24.4 Å². The summed E-state index contributed by atoms with van der Waals surface area (Å²) in [6.45, 7) is 9.69. The Labute approximate surface area is 192 Å². The summed E-state index contributed by atoms with van der Waals surface area (Å²) in [6, 6.07) is 1.46. The molecular weight excluding hydrogens is 406 g/mol. The number of aromatic hydroxyl groups is 2. The lowest BCUT2D eigenvalue weighted by molar-refractivity contribution is -0.147. The molecule has 1 aromatic carbocycles. The Bertz CT molecular complexity index is 791. The van der Waals surface area contributed by atoms with Gasteiger partial charge in [0.15, 0.2) is 0 Å². The predicted molar refractivity (Wildman–Crippen MR) is 125 cm³/mol. The molecule has 1 aliphatic heterocycles. The molecule has 2 fully saturated rings. The molecule has 1 aromatic rings. The van der Waals surface area contributed by atoms with Gasteiger partial charge in [-0.15, -0.1) is 0 Å². The van der Waals surface area contributed by atoms with Gasteiger partial charge in [0.25, 0.3) is 0 Å². The first-order valence-corrected chi connectivity index (χ1v) is 12.1. The zero-order valence-corrected chi connectivity index (χ0v) is 20.3. The van der Waals surface area contributed by atoms with Crippen LogP contribution in [0, 0.1) is 25.2 Å². The molecule has 6 heteroatoms. The maximum atomic E-state index is 11.7. The highest BCUT2D eigenvalue weighted by Gasteiger charge is 2.45. The molecule has 1 amide bonds. The van der Waals surface area contributed by atoms with E-state index >= 15 is 0 Å². The minimum absolute atomic E-state index is 0.00418. The average Bonchev–Trinajstić information content (AvgIpc) is 3.54. The summed E-state index contributed by atoms with van der Waals surface area (Å²) in [4.78, 5) is 11.7. The van der Waals surface area contributed by atoms with E-state index in [-0.39, 0.29) is 41.1 Å². The van der Waals surface area contributed by atoms with E-state index in [1.54, 1.807) is 6.92 Å². The highest BCUT2D eigenvalue weighted by molar-refractivity contribution is 5.73. The molecular formula is C26H41NO5. The third-order valence-electron chi connectivity index (χ3n) is 7.58. The van der Waals surface area contributed by atoms with E-state index in [1.807, 2.05) is 13.8 Å². The van der Waals surface area contributed by atoms with Crippen LogP contribution in [0.15, 0.2) is 6.07 Å². The average molecular weight is 448 g/mol. The third-order valence-corrected chi connectivity index (χ3v) is 7.58. The first kappa shape index (κ1) is 24.8. The lowest BCUT2D eigenvalue weighted by Crippen LogP contribution is -2.52. The Morgan fingerprint density at radius 3 is 2.38 bits per heavy atom. The number of ether oxygens (including phenoxy) is 1. The van der Waals surface area contributed by atoms with Crippen LogP contribution >= 0.6 is 0 Å². The highest BCUT2D eigenvalue weighted by Crippen LogP contribution is 2.43. The quantitative estimate of drug-likeness (QED) is 0.453. The summed E-state index contributed by atoms with van der Waals surface area (Å²) < 4.78 is 6.53. The molecule has 1 saturated carbocycles. The van der Waals surface area contributed by atoms with Crippen LogP contribution in [0.4, 0.5) is 0 Å². The number of hydrogen-bond donors (Lipinski definition) is 4. The Morgan fingerprint density at radius 1 is 1.19 bits per heavy atom. The van der Waals surface area contributed by atoms with Crippen molar-refractivity contribution >= 4 is 5.91 Å². The first-order chi connectivity index (χ1) is 15.0. The van der Waals surface area contributed by atoms with Crippen LogP contribution in [-0.4, -0.2) is 45.6 Å². The number of phenolic OH excluding ortho intramolecular Hbond substituents is 2. The number of aliphatic hydroxyl groups is 1. The van der Waals surface area contributed by atoms with E-state index in [4.69, 9.17) is 4.74 Å². The minimum atomic E-state index is -0.482. The fraction of sp³-hybridized carbons (Fsp3) is 0.731. The molecule has 0 bridgehead atoms. The summed E-state index contributed by atoms with van der Waals surface area (Å²) in [5.41, 5.74) is 2.51. The van der Waals surface area contributed by atoms with E-state index in [0.29, 0.717) is 25.2 Å². The predicted octanol–water partition coefficient (Wildman–Crippen LogP) is 4.28. The Morgan fingerprint density at radius 2 is 1.81 bits per heavy atom. The van der Waals surface area contributed by atoms with Gasteiger partial charge in [-0.25, -0.2) is 0 Å². The summed E-state index contributed by atoms with van der Waals surface area (Å²) in [6.07, 6.45) is 6.37. The van der Waals surface area contributed by atoms with Crippen LogP contribution in [0.1, 0.15) is 82.4 Å². The number of benzene rings is 1. The van der Waals surface area contributed by atoms with Crippen molar-refractivity contribution in [2.24, 2.45) is 11.3 Å². The largest absolute Gasteiger partial charge is 0.508 e. The molecule has 1 unspecified atom stereocenters. The van der Waals surface area contributed by atoms with Gasteiger partial charge in [-0.3, -0.25) is 4.79 Å². The van der Waals surface area contributed by atoms with Crippen molar-refractivity contribution in [3.63, 3.8) is 0 Å². The lowest BCUT2D eigenvalue weighted by atomic mass is 9.75. The number of aliphatic hydroxyl groups excluding tert-OH is 1. The zero-order valence-electron chi connectivity index (χ0n) is 20.3. The molecule has 3 rings (SSSR count). The van der Waals surface area contributed by atoms with Gasteiger partial charge in [0.2, 0.25) is 5.91 Å². The second kappa shape index (κ2) is 10.0. The van der Waals surface area contributed by atoms with Gasteiger partial charge in [-0.2, -0.15) is 0 Å². The van der Waals surface area contributed by atoms with Crippen molar-refractivity contribution in [2.45, 2.75) is 110 Å². The monoisotopic (exact) mass is 447 g/mol. The van der Waals surface area contributed by atoms with E-state index < -0.39 is 6.10 Å². The van der Waals surface area contributed by atoms with Gasteiger partial charge in [-0.05, 0) is 86.8 Å². The molecule has 6 nitrogen and oxygen atoms in total. The fourth-order valence-corrected chi connectivity index (χ4v) is 5.17. The Balaban J connectivity index is 1.57. The summed E-state index contributed by atoms with van der Waals surface area (Å²) >= 11 is 0. The van der Waals surface area contributed by atoms with Crippen molar-refractivity contribution in [1.29, 1.82) is 0 Å². The third kappa shape index (κ3) is 5.96. The minimum Gasteiger partial charge on any atom is -0.508 e. The lowest BCUT2D eigenvalue weighted by Gasteiger charge is -2.45. The molecule has 0 aromatic heterocycles. The van der Waals surface area contributed by atoms with Crippen LogP contribution < -0.4 is 5.32 Å². The highest BCUT2D eigenvalue weighted by atomic mass is 16.5. The van der Waals surface area contributed by atoms with E-state index in [2.05, 4.69) is 19.2 Å². The summed E-state index contributed by atoms with van der Waals surface area (Å²) in [7, 11) is 0. The van der Waals surface area contributed by atoms with Gasteiger partial charge in [0.1, 0.15) is 11.5 Å². The normalized spacial score (nSPS) is 24.7. The van der Waals surface area contributed by atoms with Crippen LogP contribution in [-0.2, 0) is 16.0 Å². The second-order valence-electron chi connectivity index (χ2n) is 10.7. The van der Waals surface area contributed by atoms with Crippen molar-refractivity contribution < 1.29 is 24.9 Å². The van der Waals surface area contributed by atoms with E-state index in [1.165, 1.54) is 6.07 Å². The molecule has 32 heavy (non-hydrogen) atoms. The zero-order chi connectivity index (χ0) is 23.6. The first-order valence-electron chi connectivity index (χ1n) is 12.1. The van der Waals surface area contributed by atoms with Crippen molar-refractivity contribution in [1.82, 2.24) is 5.32 Å². The summed E-state index contributed by atoms with van der Waals surface area (Å²) in [5.74, 6) is 0.726. The number of amides is 1. The molecule has 1 saturated heterocycles. The van der Waals surface area contributed by atoms with Crippen molar-refractivity contribution in [3.05, 3.63) is 22.8 Å². The molecule has 4 atom stereocenters.